The molecule has 1 aliphatic heterocycles. The van der Waals surface area contributed by atoms with E-state index < -0.39 is 0 Å². The molecule has 1 aromatic carbocycles. The van der Waals surface area contributed by atoms with Crippen LogP contribution in [0.3, 0.4) is 0 Å². The van der Waals surface area contributed by atoms with Crippen molar-refractivity contribution in [1.29, 1.82) is 0 Å². The summed E-state index contributed by atoms with van der Waals surface area (Å²) in [5.74, 6) is 0.0300. The van der Waals surface area contributed by atoms with Crippen LogP contribution in [0.25, 0.3) is 0 Å². The quantitative estimate of drug-likeness (QED) is 0.859. The maximum atomic E-state index is 12.5. The molecule has 1 amide bonds. The smallest absolute Gasteiger partial charge is 0.244 e. The van der Waals surface area contributed by atoms with Crippen LogP contribution in [0, 0.1) is 0 Å². The molecular weight excluding hydrogens is 280 g/mol. The van der Waals surface area contributed by atoms with E-state index >= 15 is 0 Å². The Morgan fingerprint density at radius 2 is 2.18 bits per heavy atom. The van der Waals surface area contributed by atoms with Gasteiger partial charge in [-0.15, -0.1) is 0 Å². The van der Waals surface area contributed by atoms with E-state index in [9.17, 15) is 9.90 Å². The van der Waals surface area contributed by atoms with Crippen LogP contribution in [0.2, 0.25) is 0 Å². The molecule has 116 valence electrons. The summed E-state index contributed by atoms with van der Waals surface area (Å²) in [5, 5.41) is 17.0. The van der Waals surface area contributed by atoms with Crippen LogP contribution in [0.5, 0.6) is 0 Å². The Hall–Kier alpha value is -2.18. The topological polar surface area (TPSA) is 70.4 Å². The zero-order chi connectivity index (χ0) is 15.5. The average Bonchev–Trinajstić information content (AvgIpc) is 3.12. The van der Waals surface area contributed by atoms with Gasteiger partial charge in [-0.25, -0.2) is 0 Å². The standard InChI is InChI=1S/C16H20N4O2/c1-19-10-13(9-17-19)20-8-7-14(16(20)22)18-15(11-21)12-5-3-2-4-6-12/h2-6,9-10,14-15,18,21H,7-8,11H2,1H3/t14-,15+/m0/s1. The normalized spacial score (nSPS) is 19.6. The van der Waals surface area contributed by atoms with E-state index in [2.05, 4.69) is 10.4 Å². The number of hydrogen-bond acceptors (Lipinski definition) is 4. The number of carbonyl (C=O) groups is 1. The van der Waals surface area contributed by atoms with Crippen molar-refractivity contribution in [3.63, 3.8) is 0 Å². The Morgan fingerprint density at radius 3 is 2.82 bits per heavy atom. The summed E-state index contributed by atoms with van der Waals surface area (Å²) in [6.45, 7) is 0.621. The first kappa shape index (κ1) is 14.7. The minimum Gasteiger partial charge on any atom is -0.394 e. The third-order valence-corrected chi connectivity index (χ3v) is 4.00. The molecule has 0 bridgehead atoms. The Balaban J connectivity index is 1.70. The van der Waals surface area contributed by atoms with Crippen LogP contribution in [0.1, 0.15) is 18.0 Å². The minimum atomic E-state index is -0.280. The number of anilines is 1. The van der Waals surface area contributed by atoms with Crippen LogP contribution in [-0.2, 0) is 11.8 Å². The summed E-state index contributed by atoms with van der Waals surface area (Å²) < 4.78 is 1.68. The average molecular weight is 300 g/mol. The van der Waals surface area contributed by atoms with Crippen molar-refractivity contribution in [2.75, 3.05) is 18.1 Å². The van der Waals surface area contributed by atoms with Gasteiger partial charge in [-0.05, 0) is 12.0 Å². The second kappa shape index (κ2) is 6.29. The number of aliphatic hydroxyl groups is 1. The molecule has 2 atom stereocenters. The second-order valence-electron chi connectivity index (χ2n) is 5.52. The molecule has 6 heteroatoms. The Bertz CT molecular complexity index is 641. The van der Waals surface area contributed by atoms with Gasteiger partial charge in [-0.3, -0.25) is 14.8 Å². The van der Waals surface area contributed by atoms with Gasteiger partial charge in [0.1, 0.15) is 0 Å². The SMILES string of the molecule is Cn1cc(N2CC[C@H](N[C@H](CO)c3ccccc3)C2=O)cn1. The number of benzene rings is 1. The number of nitrogens with zero attached hydrogens (tertiary/aromatic N) is 3. The van der Waals surface area contributed by atoms with Gasteiger partial charge >= 0.3 is 0 Å². The van der Waals surface area contributed by atoms with Crippen molar-refractivity contribution in [3.8, 4) is 0 Å². The molecule has 6 nitrogen and oxygen atoms in total. The number of nitrogens with one attached hydrogen (secondary N) is 1. The summed E-state index contributed by atoms with van der Waals surface area (Å²) >= 11 is 0. The molecule has 1 saturated heterocycles. The fraction of sp³-hybridized carbons (Fsp3) is 0.375. The lowest BCUT2D eigenvalue weighted by molar-refractivity contribution is -0.119. The van der Waals surface area contributed by atoms with Gasteiger partial charge in [0.25, 0.3) is 0 Å². The zero-order valence-corrected chi connectivity index (χ0v) is 12.5. The van der Waals surface area contributed by atoms with Crippen molar-refractivity contribution in [2.24, 2.45) is 7.05 Å². The molecule has 1 aliphatic rings. The predicted molar refractivity (Wildman–Crippen MR) is 83.4 cm³/mol. The lowest BCUT2D eigenvalue weighted by Crippen LogP contribution is -2.41. The van der Waals surface area contributed by atoms with Crippen molar-refractivity contribution >= 4 is 11.6 Å². The van der Waals surface area contributed by atoms with Crippen LogP contribution in [0.15, 0.2) is 42.7 Å². The number of aromatic nitrogens is 2. The highest BCUT2D eigenvalue weighted by atomic mass is 16.3. The van der Waals surface area contributed by atoms with Gasteiger partial charge in [-0.2, -0.15) is 5.10 Å². The third kappa shape index (κ3) is 2.88. The first-order valence-electron chi connectivity index (χ1n) is 7.41. The molecule has 0 unspecified atom stereocenters. The number of hydrogen-bond donors (Lipinski definition) is 2. The van der Waals surface area contributed by atoms with E-state index in [1.807, 2.05) is 43.6 Å². The summed E-state index contributed by atoms with van der Waals surface area (Å²) in [6, 6.07) is 9.18. The number of aliphatic hydroxyl groups excluding tert-OH is 1. The lowest BCUT2D eigenvalue weighted by Gasteiger charge is -2.21. The summed E-state index contributed by atoms with van der Waals surface area (Å²) in [5.41, 5.74) is 1.80. The van der Waals surface area contributed by atoms with Crippen molar-refractivity contribution in [2.45, 2.75) is 18.5 Å². The molecule has 0 radical (unpaired) electrons. The first-order chi connectivity index (χ1) is 10.7. The fourth-order valence-electron chi connectivity index (χ4n) is 2.82. The van der Waals surface area contributed by atoms with Gasteiger partial charge in [0.15, 0.2) is 0 Å². The molecule has 1 aromatic heterocycles. The van der Waals surface area contributed by atoms with Gasteiger partial charge in [-0.1, -0.05) is 30.3 Å². The van der Waals surface area contributed by atoms with E-state index in [0.29, 0.717) is 6.54 Å². The van der Waals surface area contributed by atoms with E-state index in [1.54, 1.807) is 15.8 Å². The molecule has 2 aromatic rings. The van der Waals surface area contributed by atoms with Crippen LogP contribution in [-0.4, -0.2) is 40.0 Å². The number of rotatable bonds is 5. The van der Waals surface area contributed by atoms with Gasteiger partial charge in [0.05, 0.1) is 30.6 Å². The molecule has 3 rings (SSSR count). The van der Waals surface area contributed by atoms with Gasteiger partial charge < -0.3 is 10.0 Å². The highest BCUT2D eigenvalue weighted by Gasteiger charge is 2.34. The van der Waals surface area contributed by atoms with Crippen molar-refractivity contribution in [1.82, 2.24) is 15.1 Å². The van der Waals surface area contributed by atoms with Crippen LogP contribution >= 0.6 is 0 Å². The lowest BCUT2D eigenvalue weighted by atomic mass is 10.1. The Labute approximate surface area is 129 Å². The van der Waals surface area contributed by atoms with Crippen molar-refractivity contribution in [3.05, 3.63) is 48.3 Å². The molecule has 2 heterocycles. The van der Waals surface area contributed by atoms with Crippen molar-refractivity contribution < 1.29 is 9.90 Å². The summed E-state index contributed by atoms with van der Waals surface area (Å²) in [6.07, 6.45) is 4.25. The van der Waals surface area contributed by atoms with E-state index in [-0.39, 0.29) is 24.6 Å². The molecule has 0 aliphatic carbocycles. The maximum absolute atomic E-state index is 12.5. The Morgan fingerprint density at radius 1 is 1.41 bits per heavy atom. The maximum Gasteiger partial charge on any atom is 0.244 e. The second-order valence-corrected chi connectivity index (χ2v) is 5.52. The molecule has 22 heavy (non-hydrogen) atoms. The fourth-order valence-corrected chi connectivity index (χ4v) is 2.82. The van der Waals surface area contributed by atoms with Crippen LogP contribution in [0.4, 0.5) is 5.69 Å². The predicted octanol–water partition coefficient (Wildman–Crippen LogP) is 0.849. The summed E-state index contributed by atoms with van der Waals surface area (Å²) in [7, 11) is 1.83. The monoisotopic (exact) mass is 300 g/mol. The van der Waals surface area contributed by atoms with Gasteiger partial charge in [0.2, 0.25) is 5.91 Å². The molecule has 1 fully saturated rings. The highest BCUT2D eigenvalue weighted by Crippen LogP contribution is 2.23. The third-order valence-electron chi connectivity index (χ3n) is 4.00. The number of carbonyl (C=O) groups excluding carboxylic acids is 1. The van der Waals surface area contributed by atoms with E-state index in [4.69, 9.17) is 0 Å². The molecule has 0 spiro atoms. The highest BCUT2D eigenvalue weighted by molar-refractivity contribution is 5.99. The largest absolute Gasteiger partial charge is 0.394 e. The first-order valence-corrected chi connectivity index (χ1v) is 7.41. The summed E-state index contributed by atoms with van der Waals surface area (Å²) in [4.78, 5) is 14.3. The molecule has 2 N–H and O–H groups in total. The van der Waals surface area contributed by atoms with E-state index in [1.165, 1.54) is 0 Å². The molecule has 0 saturated carbocycles. The number of amides is 1. The molecular formula is C16H20N4O2. The van der Waals surface area contributed by atoms with E-state index in [0.717, 1.165) is 17.7 Å². The zero-order valence-electron chi connectivity index (χ0n) is 12.5. The Kier molecular flexibility index (Phi) is 4.22. The number of aryl methyl sites for hydroxylation is 1. The van der Waals surface area contributed by atoms with Crippen LogP contribution < -0.4 is 10.2 Å². The minimum absolute atomic E-state index is 0.0300. The van der Waals surface area contributed by atoms with Gasteiger partial charge in [0, 0.05) is 19.8 Å².